The first kappa shape index (κ1) is 20.5. The zero-order chi connectivity index (χ0) is 22.3. The van der Waals surface area contributed by atoms with Crippen LogP contribution in [0.25, 0.3) is 16.6 Å². The highest BCUT2D eigenvalue weighted by Crippen LogP contribution is 2.35. The monoisotopic (exact) mass is 430 g/mol. The molecule has 1 saturated carbocycles. The van der Waals surface area contributed by atoms with Gasteiger partial charge in [0.1, 0.15) is 17.8 Å². The van der Waals surface area contributed by atoms with E-state index in [0.717, 1.165) is 48.1 Å². The van der Waals surface area contributed by atoms with Crippen molar-refractivity contribution in [2.45, 2.75) is 26.2 Å². The van der Waals surface area contributed by atoms with Crippen molar-refractivity contribution in [1.82, 2.24) is 19.5 Å². The maximum atomic E-state index is 12.1. The number of anilines is 1. The molecule has 2 aliphatic rings. The molecule has 1 saturated heterocycles. The van der Waals surface area contributed by atoms with E-state index in [2.05, 4.69) is 26.4 Å². The lowest BCUT2D eigenvalue weighted by Gasteiger charge is -2.22. The second-order valence-electron chi connectivity index (χ2n) is 9.07. The van der Waals surface area contributed by atoms with Gasteiger partial charge in [0.25, 0.3) is 0 Å². The Balaban J connectivity index is 1.41. The summed E-state index contributed by atoms with van der Waals surface area (Å²) < 4.78 is 7.93. The summed E-state index contributed by atoms with van der Waals surface area (Å²) in [6.07, 6.45) is 6.32. The second kappa shape index (κ2) is 7.92. The molecule has 3 aromatic rings. The highest BCUT2D eigenvalue weighted by molar-refractivity contribution is 5.93. The summed E-state index contributed by atoms with van der Waals surface area (Å²) in [4.78, 5) is 18.6. The third-order valence-corrected chi connectivity index (χ3v) is 6.26. The highest BCUT2D eigenvalue weighted by atomic mass is 16.5. The van der Waals surface area contributed by atoms with E-state index < -0.39 is 5.41 Å². The van der Waals surface area contributed by atoms with Crippen molar-refractivity contribution >= 4 is 17.2 Å². The van der Waals surface area contributed by atoms with Crippen LogP contribution in [0.15, 0.2) is 36.7 Å². The lowest BCUT2D eigenvalue weighted by Crippen LogP contribution is -2.30. The molecule has 0 bridgehead atoms. The number of aromatic nitrogens is 3. The van der Waals surface area contributed by atoms with Crippen LogP contribution in [0.2, 0.25) is 0 Å². The van der Waals surface area contributed by atoms with Crippen molar-refractivity contribution in [2.24, 2.45) is 11.3 Å². The quantitative estimate of drug-likeness (QED) is 0.645. The topological polar surface area (TPSA) is 95.5 Å². The Morgan fingerprint density at radius 2 is 2.22 bits per heavy atom. The number of rotatable bonds is 6. The Labute approximate surface area is 186 Å². The summed E-state index contributed by atoms with van der Waals surface area (Å²) in [6.45, 7) is 3.87. The molecule has 1 amide bonds. The van der Waals surface area contributed by atoms with Gasteiger partial charge in [0.15, 0.2) is 5.82 Å². The van der Waals surface area contributed by atoms with E-state index in [0.29, 0.717) is 24.7 Å². The smallest absolute Gasteiger partial charge is 0.228 e. The van der Waals surface area contributed by atoms with Crippen LogP contribution in [-0.4, -0.2) is 52.1 Å². The summed E-state index contributed by atoms with van der Waals surface area (Å²) in [5, 5.41) is 17.1. The van der Waals surface area contributed by atoms with E-state index in [-0.39, 0.29) is 11.8 Å². The van der Waals surface area contributed by atoms with Crippen molar-refractivity contribution in [2.75, 3.05) is 32.1 Å². The van der Waals surface area contributed by atoms with Gasteiger partial charge in [0.05, 0.1) is 17.8 Å². The SMILES string of the molecule is Cc1cc(-c2ccn3nc(NC(=O)C4CC4)cc3c2)c(OC[C@@]2(C#N)CCN(C)C2)cn1. The zero-order valence-corrected chi connectivity index (χ0v) is 18.3. The number of nitrogens with zero attached hydrogens (tertiary/aromatic N) is 5. The Bertz CT molecular complexity index is 1220. The van der Waals surface area contributed by atoms with E-state index in [4.69, 9.17) is 4.74 Å². The average molecular weight is 431 g/mol. The number of amides is 1. The number of pyridine rings is 2. The van der Waals surface area contributed by atoms with E-state index >= 15 is 0 Å². The van der Waals surface area contributed by atoms with Gasteiger partial charge in [0, 0.05) is 36.0 Å². The minimum atomic E-state index is -0.499. The van der Waals surface area contributed by atoms with Gasteiger partial charge in [-0.2, -0.15) is 10.4 Å². The number of carbonyl (C=O) groups excluding carboxylic acids is 1. The molecule has 4 heterocycles. The molecule has 164 valence electrons. The van der Waals surface area contributed by atoms with Gasteiger partial charge in [-0.25, -0.2) is 4.52 Å². The molecular formula is C24H26N6O2. The van der Waals surface area contributed by atoms with Crippen molar-refractivity contribution < 1.29 is 9.53 Å². The number of fused-ring (bicyclic) bond motifs is 1. The predicted molar refractivity (Wildman–Crippen MR) is 120 cm³/mol. The lowest BCUT2D eigenvalue weighted by atomic mass is 9.90. The summed E-state index contributed by atoms with van der Waals surface area (Å²) in [6, 6.07) is 10.3. The molecule has 0 spiro atoms. The fourth-order valence-electron chi connectivity index (χ4n) is 4.22. The molecule has 0 radical (unpaired) electrons. The molecule has 1 aliphatic carbocycles. The second-order valence-corrected chi connectivity index (χ2v) is 9.07. The summed E-state index contributed by atoms with van der Waals surface area (Å²) in [5.41, 5.74) is 3.14. The normalized spacial score (nSPS) is 20.9. The molecule has 8 heteroatoms. The minimum absolute atomic E-state index is 0.0399. The van der Waals surface area contributed by atoms with Gasteiger partial charge in [-0.15, -0.1) is 0 Å². The molecule has 3 aromatic heterocycles. The molecule has 2 fully saturated rings. The average Bonchev–Trinajstić information content (AvgIpc) is 3.46. The number of nitriles is 1. The number of hydrogen-bond donors (Lipinski definition) is 1. The predicted octanol–water partition coefficient (Wildman–Crippen LogP) is 3.28. The van der Waals surface area contributed by atoms with Gasteiger partial charge < -0.3 is 15.0 Å². The standard InChI is InChI=1S/C24H26N6O2/c1-16-9-20(21(12-26-16)32-15-24(13-25)6-8-29(2)14-24)18-5-7-30-19(10-18)11-22(28-30)27-23(31)17-3-4-17/h5,7,9-12,17H,3-4,6,8,14-15H2,1-2H3,(H,27,28,31)/t24-/m1/s1. The Hall–Kier alpha value is -3.44. The van der Waals surface area contributed by atoms with Crippen LogP contribution in [0.4, 0.5) is 5.82 Å². The summed E-state index contributed by atoms with van der Waals surface area (Å²) in [7, 11) is 2.03. The fraction of sp³-hybridized carbons (Fsp3) is 0.417. The number of ether oxygens (including phenoxy) is 1. The molecule has 0 unspecified atom stereocenters. The van der Waals surface area contributed by atoms with Crippen LogP contribution < -0.4 is 10.1 Å². The highest BCUT2D eigenvalue weighted by Gasteiger charge is 2.38. The first-order valence-corrected chi connectivity index (χ1v) is 10.9. The minimum Gasteiger partial charge on any atom is -0.490 e. The van der Waals surface area contributed by atoms with E-state index in [1.54, 1.807) is 10.7 Å². The Kier molecular flexibility index (Phi) is 5.06. The maximum absolute atomic E-state index is 12.1. The largest absolute Gasteiger partial charge is 0.490 e. The van der Waals surface area contributed by atoms with Gasteiger partial charge in [-0.05, 0) is 63.5 Å². The third-order valence-electron chi connectivity index (χ3n) is 6.26. The van der Waals surface area contributed by atoms with Crippen LogP contribution in [0.5, 0.6) is 5.75 Å². The van der Waals surface area contributed by atoms with Crippen molar-refractivity contribution in [1.29, 1.82) is 5.26 Å². The Morgan fingerprint density at radius 3 is 2.94 bits per heavy atom. The lowest BCUT2D eigenvalue weighted by molar-refractivity contribution is -0.117. The van der Waals surface area contributed by atoms with Crippen LogP contribution in [0, 0.1) is 29.6 Å². The molecule has 8 nitrogen and oxygen atoms in total. The molecule has 0 aromatic carbocycles. The van der Waals surface area contributed by atoms with Crippen LogP contribution in [0.1, 0.15) is 25.0 Å². The molecule has 1 aliphatic heterocycles. The van der Waals surface area contributed by atoms with Gasteiger partial charge in [-0.3, -0.25) is 9.78 Å². The first-order valence-electron chi connectivity index (χ1n) is 10.9. The van der Waals surface area contributed by atoms with Crippen LogP contribution in [-0.2, 0) is 4.79 Å². The third kappa shape index (κ3) is 4.04. The molecule has 5 rings (SSSR count). The van der Waals surface area contributed by atoms with E-state index in [9.17, 15) is 10.1 Å². The number of aryl methyl sites for hydroxylation is 1. The molecule has 1 atom stereocenters. The van der Waals surface area contributed by atoms with Crippen LogP contribution in [0.3, 0.4) is 0 Å². The maximum Gasteiger partial charge on any atom is 0.228 e. The number of nitrogens with one attached hydrogen (secondary N) is 1. The number of likely N-dealkylation sites (tertiary alicyclic amines) is 1. The van der Waals surface area contributed by atoms with Gasteiger partial charge in [0.2, 0.25) is 5.91 Å². The van der Waals surface area contributed by atoms with Crippen molar-refractivity contribution in [3.8, 4) is 22.9 Å². The van der Waals surface area contributed by atoms with Crippen molar-refractivity contribution in [3.63, 3.8) is 0 Å². The molecule has 1 N–H and O–H groups in total. The van der Waals surface area contributed by atoms with Crippen molar-refractivity contribution in [3.05, 3.63) is 42.4 Å². The number of carbonyl (C=O) groups is 1. The number of hydrogen-bond acceptors (Lipinski definition) is 6. The summed E-state index contributed by atoms with van der Waals surface area (Å²) >= 11 is 0. The fourth-order valence-corrected chi connectivity index (χ4v) is 4.22. The molecular weight excluding hydrogens is 404 g/mol. The summed E-state index contributed by atoms with van der Waals surface area (Å²) in [5.74, 6) is 1.39. The van der Waals surface area contributed by atoms with Crippen LogP contribution >= 0.6 is 0 Å². The zero-order valence-electron chi connectivity index (χ0n) is 18.3. The first-order chi connectivity index (χ1) is 15.4. The van der Waals surface area contributed by atoms with Gasteiger partial charge >= 0.3 is 0 Å². The Morgan fingerprint density at radius 1 is 1.38 bits per heavy atom. The van der Waals surface area contributed by atoms with Gasteiger partial charge in [-0.1, -0.05) is 0 Å². The molecule has 32 heavy (non-hydrogen) atoms. The van der Waals surface area contributed by atoms with E-state index in [1.807, 2.05) is 44.4 Å². The van der Waals surface area contributed by atoms with E-state index in [1.165, 1.54) is 0 Å².